The standard InChI is InChI=1S/C9H14N2/c1-8(10-2)7-9-5-3-4-6-11-9/h3,5H,4,6-7H2,1-2H3. The molecule has 0 amide bonds. The van der Waals surface area contributed by atoms with Crippen molar-refractivity contribution < 1.29 is 0 Å². The molecule has 1 aliphatic heterocycles. The number of allylic oxidation sites excluding steroid dienone is 1. The van der Waals surface area contributed by atoms with E-state index in [9.17, 15) is 0 Å². The van der Waals surface area contributed by atoms with Crippen molar-refractivity contribution >= 4 is 11.4 Å². The van der Waals surface area contributed by atoms with Crippen LogP contribution in [-0.4, -0.2) is 25.0 Å². The van der Waals surface area contributed by atoms with Crippen molar-refractivity contribution in [2.75, 3.05) is 13.6 Å². The van der Waals surface area contributed by atoms with Crippen molar-refractivity contribution in [1.82, 2.24) is 0 Å². The summed E-state index contributed by atoms with van der Waals surface area (Å²) in [5, 5.41) is 0. The molecule has 0 fully saturated rings. The van der Waals surface area contributed by atoms with Gasteiger partial charge in [-0.25, -0.2) is 0 Å². The summed E-state index contributed by atoms with van der Waals surface area (Å²) in [5.41, 5.74) is 2.31. The van der Waals surface area contributed by atoms with Crippen LogP contribution in [0.4, 0.5) is 0 Å². The molecule has 0 aliphatic carbocycles. The highest BCUT2D eigenvalue weighted by molar-refractivity contribution is 6.08. The van der Waals surface area contributed by atoms with Gasteiger partial charge in [0.05, 0.1) is 0 Å². The average Bonchev–Trinajstić information content (AvgIpc) is 2.06. The third kappa shape index (κ3) is 2.66. The molecule has 0 aromatic rings. The van der Waals surface area contributed by atoms with E-state index in [0.29, 0.717) is 0 Å². The van der Waals surface area contributed by atoms with E-state index in [1.807, 2.05) is 14.0 Å². The molecule has 0 aromatic carbocycles. The second-order valence-corrected chi connectivity index (χ2v) is 2.70. The lowest BCUT2D eigenvalue weighted by Gasteiger charge is -2.04. The first-order chi connectivity index (χ1) is 5.33. The van der Waals surface area contributed by atoms with Gasteiger partial charge in [-0.3, -0.25) is 9.98 Å². The highest BCUT2D eigenvalue weighted by atomic mass is 14.7. The van der Waals surface area contributed by atoms with Crippen LogP contribution in [0.3, 0.4) is 0 Å². The van der Waals surface area contributed by atoms with Crippen molar-refractivity contribution in [1.29, 1.82) is 0 Å². The Balaban J connectivity index is 2.49. The van der Waals surface area contributed by atoms with Gasteiger partial charge in [-0.15, -0.1) is 0 Å². The lowest BCUT2D eigenvalue weighted by Crippen LogP contribution is -2.05. The van der Waals surface area contributed by atoms with Crippen LogP contribution in [-0.2, 0) is 0 Å². The molecule has 1 rings (SSSR count). The fourth-order valence-electron chi connectivity index (χ4n) is 1.01. The zero-order chi connectivity index (χ0) is 8.10. The first-order valence-corrected chi connectivity index (χ1v) is 3.95. The third-order valence-corrected chi connectivity index (χ3v) is 1.74. The first-order valence-electron chi connectivity index (χ1n) is 3.95. The van der Waals surface area contributed by atoms with E-state index in [1.54, 1.807) is 0 Å². The zero-order valence-electron chi connectivity index (χ0n) is 7.17. The molecule has 2 heteroatoms. The number of nitrogens with zero attached hydrogens (tertiary/aromatic N) is 2. The van der Waals surface area contributed by atoms with Gasteiger partial charge < -0.3 is 0 Å². The summed E-state index contributed by atoms with van der Waals surface area (Å²) in [4.78, 5) is 8.45. The maximum absolute atomic E-state index is 4.37. The molecule has 0 spiro atoms. The second-order valence-electron chi connectivity index (χ2n) is 2.70. The van der Waals surface area contributed by atoms with Crippen molar-refractivity contribution in [2.45, 2.75) is 19.8 Å². The van der Waals surface area contributed by atoms with E-state index in [-0.39, 0.29) is 0 Å². The zero-order valence-corrected chi connectivity index (χ0v) is 7.17. The van der Waals surface area contributed by atoms with Crippen molar-refractivity contribution in [2.24, 2.45) is 9.98 Å². The predicted molar refractivity (Wildman–Crippen MR) is 49.7 cm³/mol. The van der Waals surface area contributed by atoms with E-state index in [2.05, 4.69) is 22.1 Å². The summed E-state index contributed by atoms with van der Waals surface area (Å²) >= 11 is 0. The SMILES string of the molecule is CN=C(C)CC1=NCCC=C1. The number of hydrogen-bond donors (Lipinski definition) is 0. The summed E-state index contributed by atoms with van der Waals surface area (Å²) in [5.74, 6) is 0. The molecule has 0 radical (unpaired) electrons. The molecule has 2 nitrogen and oxygen atoms in total. The summed E-state index contributed by atoms with van der Waals surface area (Å²) < 4.78 is 0. The van der Waals surface area contributed by atoms with Gasteiger partial charge in [0.25, 0.3) is 0 Å². The van der Waals surface area contributed by atoms with Gasteiger partial charge in [0.15, 0.2) is 0 Å². The van der Waals surface area contributed by atoms with Crippen molar-refractivity contribution in [3.05, 3.63) is 12.2 Å². The summed E-state index contributed by atoms with van der Waals surface area (Å²) in [6.45, 7) is 2.98. The lowest BCUT2D eigenvalue weighted by atomic mass is 10.1. The molecule has 0 unspecified atom stereocenters. The third-order valence-electron chi connectivity index (χ3n) is 1.74. The van der Waals surface area contributed by atoms with E-state index >= 15 is 0 Å². The van der Waals surface area contributed by atoms with E-state index in [0.717, 1.165) is 25.1 Å². The maximum Gasteiger partial charge on any atom is 0.0427 e. The summed E-state index contributed by atoms with van der Waals surface area (Å²) in [6.07, 6.45) is 6.27. The average molecular weight is 150 g/mol. The molecule has 0 N–H and O–H groups in total. The van der Waals surface area contributed by atoms with Crippen LogP contribution in [0.1, 0.15) is 19.8 Å². The minimum absolute atomic E-state index is 0.910. The Bertz CT molecular complexity index is 212. The molecule has 0 atom stereocenters. The molecular weight excluding hydrogens is 136 g/mol. The van der Waals surface area contributed by atoms with E-state index in [1.165, 1.54) is 5.71 Å². The largest absolute Gasteiger partial charge is 0.297 e. The molecule has 1 heterocycles. The smallest absolute Gasteiger partial charge is 0.0427 e. The molecule has 60 valence electrons. The van der Waals surface area contributed by atoms with Gasteiger partial charge in [-0.05, 0) is 19.4 Å². The monoisotopic (exact) mass is 150 g/mol. The van der Waals surface area contributed by atoms with Gasteiger partial charge in [-0.1, -0.05) is 6.08 Å². The van der Waals surface area contributed by atoms with Crippen LogP contribution in [0.25, 0.3) is 0 Å². The molecule has 0 bridgehead atoms. The minimum atomic E-state index is 0.910. The topological polar surface area (TPSA) is 24.7 Å². The van der Waals surface area contributed by atoms with Gasteiger partial charge >= 0.3 is 0 Å². The second kappa shape index (κ2) is 4.06. The fourth-order valence-corrected chi connectivity index (χ4v) is 1.01. The summed E-state index contributed by atoms with van der Waals surface area (Å²) in [6, 6.07) is 0. The molecule has 0 aromatic heterocycles. The van der Waals surface area contributed by atoms with Gasteiger partial charge in [0, 0.05) is 31.4 Å². The molecular formula is C9H14N2. The molecule has 0 saturated carbocycles. The quantitative estimate of drug-likeness (QED) is 0.537. The predicted octanol–water partition coefficient (Wildman–Crippen LogP) is 1.87. The van der Waals surface area contributed by atoms with Crippen LogP contribution in [0.15, 0.2) is 22.1 Å². The molecule has 11 heavy (non-hydrogen) atoms. The minimum Gasteiger partial charge on any atom is -0.297 e. The van der Waals surface area contributed by atoms with Crippen LogP contribution in [0.5, 0.6) is 0 Å². The Hall–Kier alpha value is -0.920. The number of hydrogen-bond acceptors (Lipinski definition) is 2. The van der Waals surface area contributed by atoms with Crippen LogP contribution >= 0.6 is 0 Å². The van der Waals surface area contributed by atoms with E-state index < -0.39 is 0 Å². The normalized spacial score (nSPS) is 18.4. The Morgan fingerprint density at radius 2 is 2.55 bits per heavy atom. The number of aliphatic imine (C=N–C) groups is 2. The van der Waals surface area contributed by atoms with Gasteiger partial charge in [0.1, 0.15) is 0 Å². The number of rotatable bonds is 2. The Kier molecular flexibility index (Phi) is 3.02. The lowest BCUT2D eigenvalue weighted by molar-refractivity contribution is 0.987. The van der Waals surface area contributed by atoms with E-state index in [4.69, 9.17) is 0 Å². The highest BCUT2D eigenvalue weighted by Gasteiger charge is 1.99. The first kappa shape index (κ1) is 8.18. The van der Waals surface area contributed by atoms with Gasteiger partial charge in [0.2, 0.25) is 0 Å². The Labute approximate surface area is 67.8 Å². The number of dihydropyridines is 1. The van der Waals surface area contributed by atoms with Crippen LogP contribution in [0, 0.1) is 0 Å². The highest BCUT2D eigenvalue weighted by Crippen LogP contribution is 2.00. The molecule has 0 saturated heterocycles. The summed E-state index contributed by atoms with van der Waals surface area (Å²) in [7, 11) is 1.82. The molecule has 1 aliphatic rings. The Morgan fingerprint density at radius 3 is 3.09 bits per heavy atom. The maximum atomic E-state index is 4.37. The van der Waals surface area contributed by atoms with Gasteiger partial charge in [-0.2, -0.15) is 0 Å². The Morgan fingerprint density at radius 1 is 1.73 bits per heavy atom. The van der Waals surface area contributed by atoms with Crippen molar-refractivity contribution in [3.63, 3.8) is 0 Å². The van der Waals surface area contributed by atoms with Crippen molar-refractivity contribution in [3.8, 4) is 0 Å². The fraction of sp³-hybridized carbons (Fsp3) is 0.556. The van der Waals surface area contributed by atoms with Crippen LogP contribution < -0.4 is 0 Å². The van der Waals surface area contributed by atoms with Crippen LogP contribution in [0.2, 0.25) is 0 Å².